The molecule has 1 amide bonds. The largest absolute Gasteiger partial charge is 0.351 e. The fraction of sp³-hybridized carbons (Fsp3) is 0.733. The van der Waals surface area contributed by atoms with Gasteiger partial charge in [0.2, 0.25) is 0 Å². The number of hydrogen-bond donors (Lipinski definition) is 0. The van der Waals surface area contributed by atoms with Gasteiger partial charge in [-0.25, -0.2) is 0 Å². The molecule has 112 valence electrons. The maximum Gasteiger partial charge on any atom is 0.258 e. The van der Waals surface area contributed by atoms with Gasteiger partial charge in [0.05, 0.1) is 0 Å². The molecule has 0 radical (unpaired) electrons. The summed E-state index contributed by atoms with van der Waals surface area (Å²) in [4.78, 5) is 25.1. The summed E-state index contributed by atoms with van der Waals surface area (Å²) in [7, 11) is 0. The molecule has 0 aliphatic carbocycles. The number of carbonyl (C=O) groups excluding carboxylic acids is 2. The monoisotopic (exact) mass is 281 g/mol. The van der Waals surface area contributed by atoms with E-state index in [2.05, 4.69) is 19.1 Å². The minimum absolute atomic E-state index is 0.0306. The topological polar surface area (TPSA) is 59.1 Å². The maximum absolute atomic E-state index is 11.8. The van der Waals surface area contributed by atoms with Crippen molar-refractivity contribution >= 4 is 11.7 Å². The lowest BCUT2D eigenvalue weighted by Crippen LogP contribution is -2.47. The molecule has 0 N–H and O–H groups in total. The Kier molecular flexibility index (Phi) is 5.73. The van der Waals surface area contributed by atoms with E-state index >= 15 is 0 Å². The molecule has 2 saturated heterocycles. The van der Waals surface area contributed by atoms with Crippen molar-refractivity contribution in [2.24, 2.45) is 0 Å². The van der Waals surface area contributed by atoms with E-state index in [0.29, 0.717) is 19.9 Å². The van der Waals surface area contributed by atoms with Gasteiger partial charge in [0, 0.05) is 6.42 Å². The molecule has 5 heteroatoms. The van der Waals surface area contributed by atoms with E-state index in [-0.39, 0.29) is 11.7 Å². The SMILES string of the molecule is CCCCC/C=C/CCC(=O)[C@H]1O[C@H]1C(=O)N1COC1. The molecule has 0 bridgehead atoms. The number of allylic oxidation sites excluding steroid dienone is 2. The Morgan fingerprint density at radius 1 is 1.15 bits per heavy atom. The van der Waals surface area contributed by atoms with Crippen molar-refractivity contribution in [1.29, 1.82) is 0 Å². The molecule has 0 unspecified atom stereocenters. The number of rotatable bonds is 9. The summed E-state index contributed by atoms with van der Waals surface area (Å²) >= 11 is 0. The lowest BCUT2D eigenvalue weighted by atomic mass is 10.1. The van der Waals surface area contributed by atoms with Crippen LogP contribution in [0, 0.1) is 0 Å². The van der Waals surface area contributed by atoms with Crippen molar-refractivity contribution in [2.45, 2.75) is 57.7 Å². The molecular weight excluding hydrogens is 258 g/mol. The van der Waals surface area contributed by atoms with E-state index in [9.17, 15) is 9.59 Å². The first-order valence-electron chi connectivity index (χ1n) is 7.43. The molecule has 5 nitrogen and oxygen atoms in total. The Bertz CT molecular complexity index is 376. The molecule has 2 heterocycles. The second kappa shape index (κ2) is 7.55. The van der Waals surface area contributed by atoms with E-state index in [4.69, 9.17) is 9.47 Å². The quantitative estimate of drug-likeness (QED) is 0.368. The predicted molar refractivity (Wildman–Crippen MR) is 73.8 cm³/mol. The van der Waals surface area contributed by atoms with Crippen LogP contribution in [0.1, 0.15) is 45.4 Å². The van der Waals surface area contributed by atoms with Crippen molar-refractivity contribution in [3.8, 4) is 0 Å². The van der Waals surface area contributed by atoms with Gasteiger partial charge in [-0.1, -0.05) is 31.9 Å². The molecule has 2 rings (SSSR count). The number of nitrogens with zero attached hydrogens (tertiary/aromatic N) is 1. The van der Waals surface area contributed by atoms with Gasteiger partial charge >= 0.3 is 0 Å². The van der Waals surface area contributed by atoms with Gasteiger partial charge in [-0.05, 0) is 19.3 Å². The summed E-state index contributed by atoms with van der Waals surface area (Å²) in [5, 5.41) is 0. The molecule has 0 aromatic heterocycles. The first kappa shape index (κ1) is 15.2. The molecule has 2 atom stereocenters. The van der Waals surface area contributed by atoms with Gasteiger partial charge in [-0.3, -0.25) is 14.5 Å². The molecule has 20 heavy (non-hydrogen) atoms. The van der Waals surface area contributed by atoms with E-state index in [1.807, 2.05) is 0 Å². The minimum atomic E-state index is -0.556. The Morgan fingerprint density at radius 2 is 1.90 bits per heavy atom. The van der Waals surface area contributed by atoms with Crippen LogP contribution in [0.15, 0.2) is 12.2 Å². The van der Waals surface area contributed by atoms with Crippen LogP contribution in [-0.2, 0) is 19.1 Å². The average Bonchev–Trinajstić information content (AvgIpc) is 3.15. The number of unbranched alkanes of at least 4 members (excludes halogenated alkanes) is 3. The molecule has 0 saturated carbocycles. The highest BCUT2D eigenvalue weighted by molar-refractivity contribution is 5.96. The van der Waals surface area contributed by atoms with E-state index in [0.717, 1.165) is 12.8 Å². The molecule has 0 aromatic carbocycles. The van der Waals surface area contributed by atoms with Crippen molar-refractivity contribution in [1.82, 2.24) is 4.90 Å². The summed E-state index contributed by atoms with van der Waals surface area (Å²) in [6, 6.07) is 0. The van der Waals surface area contributed by atoms with Gasteiger partial charge in [-0.2, -0.15) is 0 Å². The van der Waals surface area contributed by atoms with Crippen molar-refractivity contribution < 1.29 is 19.1 Å². The van der Waals surface area contributed by atoms with Crippen molar-refractivity contribution in [3.63, 3.8) is 0 Å². The lowest BCUT2D eigenvalue weighted by Gasteiger charge is -2.30. The van der Waals surface area contributed by atoms with Crippen LogP contribution in [-0.4, -0.2) is 42.3 Å². The van der Waals surface area contributed by atoms with Crippen molar-refractivity contribution in [2.75, 3.05) is 13.5 Å². The Morgan fingerprint density at radius 3 is 2.55 bits per heavy atom. The predicted octanol–water partition coefficient (Wildman–Crippen LogP) is 2.01. The number of ether oxygens (including phenoxy) is 2. The number of carbonyl (C=O) groups is 2. The number of Topliss-reactive ketones (excluding diaryl/α,β-unsaturated/α-hetero) is 1. The third-order valence-electron chi connectivity index (χ3n) is 3.56. The normalized spacial score (nSPS) is 24.8. The highest BCUT2D eigenvalue weighted by Gasteiger charge is 2.51. The van der Waals surface area contributed by atoms with Crippen molar-refractivity contribution in [3.05, 3.63) is 12.2 Å². The van der Waals surface area contributed by atoms with Crippen LogP contribution in [0.2, 0.25) is 0 Å². The van der Waals surface area contributed by atoms with Crippen LogP contribution in [0.5, 0.6) is 0 Å². The summed E-state index contributed by atoms with van der Waals surface area (Å²) in [5.74, 6) is -0.0901. The fourth-order valence-electron chi connectivity index (χ4n) is 2.15. The second-order valence-electron chi connectivity index (χ2n) is 5.29. The van der Waals surface area contributed by atoms with Crippen LogP contribution in [0.3, 0.4) is 0 Å². The molecule has 0 spiro atoms. The first-order valence-corrected chi connectivity index (χ1v) is 7.43. The summed E-state index contributed by atoms with van der Waals surface area (Å²) < 4.78 is 10.1. The Hall–Kier alpha value is -1.20. The Balaban J connectivity index is 1.56. The van der Waals surface area contributed by atoms with Crippen LogP contribution < -0.4 is 0 Å². The van der Waals surface area contributed by atoms with Gasteiger partial charge in [-0.15, -0.1) is 0 Å². The number of epoxide rings is 1. The van der Waals surface area contributed by atoms with E-state index < -0.39 is 12.2 Å². The highest BCUT2D eigenvalue weighted by atomic mass is 16.6. The maximum atomic E-state index is 11.8. The first-order chi connectivity index (χ1) is 9.74. The van der Waals surface area contributed by atoms with Crippen LogP contribution >= 0.6 is 0 Å². The zero-order valence-electron chi connectivity index (χ0n) is 12.0. The van der Waals surface area contributed by atoms with Gasteiger partial charge in [0.15, 0.2) is 18.0 Å². The van der Waals surface area contributed by atoms with E-state index in [1.165, 1.54) is 19.3 Å². The zero-order valence-corrected chi connectivity index (χ0v) is 12.0. The van der Waals surface area contributed by atoms with Crippen LogP contribution in [0.4, 0.5) is 0 Å². The lowest BCUT2D eigenvalue weighted by molar-refractivity contribution is -0.176. The molecule has 2 aliphatic heterocycles. The van der Waals surface area contributed by atoms with Gasteiger partial charge in [0.1, 0.15) is 13.5 Å². The summed E-state index contributed by atoms with van der Waals surface area (Å²) in [6.45, 7) is 2.82. The number of hydrogen-bond acceptors (Lipinski definition) is 4. The van der Waals surface area contributed by atoms with Gasteiger partial charge < -0.3 is 9.47 Å². The van der Waals surface area contributed by atoms with Crippen LogP contribution in [0.25, 0.3) is 0 Å². The van der Waals surface area contributed by atoms with Gasteiger partial charge in [0.25, 0.3) is 5.91 Å². The highest BCUT2D eigenvalue weighted by Crippen LogP contribution is 2.27. The molecule has 2 aliphatic rings. The number of amides is 1. The molecule has 0 aromatic rings. The smallest absolute Gasteiger partial charge is 0.258 e. The molecular formula is C15H23NO4. The van der Waals surface area contributed by atoms with E-state index in [1.54, 1.807) is 4.90 Å². The third-order valence-corrected chi connectivity index (χ3v) is 3.56. The molecule has 2 fully saturated rings. The summed E-state index contributed by atoms with van der Waals surface area (Å²) in [6.07, 6.45) is 9.07. The Labute approximate surface area is 119 Å². The zero-order chi connectivity index (χ0) is 14.4. The second-order valence-corrected chi connectivity index (χ2v) is 5.29. The fourth-order valence-corrected chi connectivity index (χ4v) is 2.15. The standard InChI is InChI=1S/C15H23NO4/c1-2-3-4-5-6-7-8-9-12(17)13-14(20-13)15(18)16-10-19-11-16/h6-7,13-14H,2-5,8-11H2,1H3/b7-6+/t13-,14-/m1/s1. The summed E-state index contributed by atoms with van der Waals surface area (Å²) in [5.41, 5.74) is 0. The third kappa shape index (κ3) is 4.15. The average molecular weight is 281 g/mol. The number of ketones is 1. The minimum Gasteiger partial charge on any atom is -0.351 e.